The number of anilines is 2. The molecule has 3 N–H and O–H groups in total. The van der Waals surface area contributed by atoms with E-state index in [0.29, 0.717) is 24.2 Å². The van der Waals surface area contributed by atoms with Gasteiger partial charge in [-0.25, -0.2) is 0 Å². The molecule has 2 aromatic rings. The van der Waals surface area contributed by atoms with E-state index in [2.05, 4.69) is 10.6 Å². The fraction of sp³-hybridized carbons (Fsp3) is 0.211. The van der Waals surface area contributed by atoms with Gasteiger partial charge in [0.2, 0.25) is 5.91 Å². The quantitative estimate of drug-likeness (QED) is 0.715. The van der Waals surface area contributed by atoms with Crippen LogP contribution in [0.15, 0.2) is 59.2 Å². The maximum absolute atomic E-state index is 12.5. The van der Waals surface area contributed by atoms with E-state index in [-0.39, 0.29) is 11.7 Å². The molecule has 1 aliphatic rings. The predicted octanol–water partition coefficient (Wildman–Crippen LogP) is 3.14. The first-order valence-corrected chi connectivity index (χ1v) is 8.18. The molecule has 134 valence electrons. The molecule has 0 saturated heterocycles. The van der Waals surface area contributed by atoms with Crippen molar-refractivity contribution in [3.63, 3.8) is 0 Å². The molecule has 1 aliphatic carbocycles. The van der Waals surface area contributed by atoms with E-state index in [1.807, 2.05) is 6.08 Å². The van der Waals surface area contributed by atoms with Crippen LogP contribution in [0.1, 0.15) is 23.4 Å². The molecule has 2 atom stereocenters. The molecule has 7 heteroatoms. The standard InChI is InChI=1S/C19H18N2O5/c22-17(14-7-1-2-8-15(14)19(24)25)20-12-5-3-6-13(11-12)21-18(23)16-9-4-10-26-16/h1-6,9-11,14-15H,7-8H2,(H,20,22)(H,21,23)(H,24,25)/t14-,15+/m1/s1. The van der Waals surface area contributed by atoms with Gasteiger partial charge in [-0.2, -0.15) is 0 Å². The minimum atomic E-state index is -0.978. The Morgan fingerprint density at radius 3 is 2.31 bits per heavy atom. The van der Waals surface area contributed by atoms with Gasteiger partial charge in [0.15, 0.2) is 5.76 Å². The van der Waals surface area contributed by atoms with E-state index in [1.54, 1.807) is 42.5 Å². The van der Waals surface area contributed by atoms with Gasteiger partial charge in [0.05, 0.1) is 18.1 Å². The molecule has 0 radical (unpaired) electrons. The highest BCUT2D eigenvalue weighted by Crippen LogP contribution is 2.27. The molecule has 0 unspecified atom stereocenters. The summed E-state index contributed by atoms with van der Waals surface area (Å²) in [4.78, 5) is 35.8. The predicted molar refractivity (Wildman–Crippen MR) is 94.7 cm³/mol. The zero-order valence-electron chi connectivity index (χ0n) is 13.8. The number of amides is 2. The fourth-order valence-corrected chi connectivity index (χ4v) is 2.89. The maximum Gasteiger partial charge on any atom is 0.307 e. The van der Waals surface area contributed by atoms with E-state index in [4.69, 9.17) is 4.42 Å². The highest BCUT2D eigenvalue weighted by Gasteiger charge is 2.33. The number of benzene rings is 1. The number of allylic oxidation sites excluding steroid dienone is 2. The summed E-state index contributed by atoms with van der Waals surface area (Å²) in [5.41, 5.74) is 0.966. The number of hydrogen-bond donors (Lipinski definition) is 3. The fourth-order valence-electron chi connectivity index (χ4n) is 2.89. The van der Waals surface area contributed by atoms with Crippen molar-refractivity contribution in [3.05, 3.63) is 60.6 Å². The van der Waals surface area contributed by atoms with Crippen LogP contribution in [0.25, 0.3) is 0 Å². The number of carbonyl (C=O) groups is 3. The van der Waals surface area contributed by atoms with Gasteiger partial charge in [-0.3, -0.25) is 14.4 Å². The average molecular weight is 354 g/mol. The molecule has 7 nitrogen and oxygen atoms in total. The summed E-state index contributed by atoms with van der Waals surface area (Å²) >= 11 is 0. The lowest BCUT2D eigenvalue weighted by Gasteiger charge is -2.24. The van der Waals surface area contributed by atoms with Gasteiger partial charge >= 0.3 is 5.97 Å². The summed E-state index contributed by atoms with van der Waals surface area (Å²) in [6.07, 6.45) is 5.74. The molecule has 1 heterocycles. The summed E-state index contributed by atoms with van der Waals surface area (Å²) in [5, 5.41) is 14.7. The zero-order valence-corrected chi connectivity index (χ0v) is 13.8. The van der Waals surface area contributed by atoms with Crippen LogP contribution in [0.3, 0.4) is 0 Å². The second-order valence-corrected chi connectivity index (χ2v) is 6.00. The van der Waals surface area contributed by atoms with E-state index in [1.165, 1.54) is 6.26 Å². The third-order valence-electron chi connectivity index (χ3n) is 4.22. The summed E-state index contributed by atoms with van der Waals surface area (Å²) in [7, 11) is 0. The molecule has 3 rings (SSSR count). The second-order valence-electron chi connectivity index (χ2n) is 6.00. The third kappa shape index (κ3) is 4.00. The van der Waals surface area contributed by atoms with Crippen LogP contribution in [0.2, 0.25) is 0 Å². The van der Waals surface area contributed by atoms with Crippen LogP contribution >= 0.6 is 0 Å². The molecule has 26 heavy (non-hydrogen) atoms. The van der Waals surface area contributed by atoms with Crippen molar-refractivity contribution >= 4 is 29.2 Å². The lowest BCUT2D eigenvalue weighted by atomic mass is 9.82. The number of furan rings is 1. The van der Waals surface area contributed by atoms with Gasteiger partial charge in [0.25, 0.3) is 5.91 Å². The van der Waals surface area contributed by atoms with Gasteiger partial charge in [-0.05, 0) is 43.2 Å². The Hall–Kier alpha value is -3.35. The van der Waals surface area contributed by atoms with Crippen molar-refractivity contribution in [2.24, 2.45) is 11.8 Å². The molecule has 0 bridgehead atoms. The van der Waals surface area contributed by atoms with E-state index < -0.39 is 23.7 Å². The number of rotatable bonds is 5. The second kappa shape index (κ2) is 7.69. The van der Waals surface area contributed by atoms with E-state index in [0.717, 1.165) is 0 Å². The first-order valence-electron chi connectivity index (χ1n) is 8.18. The number of hydrogen-bond acceptors (Lipinski definition) is 4. The van der Waals surface area contributed by atoms with Crippen molar-refractivity contribution in [3.8, 4) is 0 Å². The Morgan fingerprint density at radius 1 is 0.962 bits per heavy atom. The van der Waals surface area contributed by atoms with Gasteiger partial charge in [0.1, 0.15) is 0 Å². The Morgan fingerprint density at radius 2 is 1.65 bits per heavy atom. The van der Waals surface area contributed by atoms with Crippen LogP contribution in [-0.4, -0.2) is 22.9 Å². The molecule has 0 aliphatic heterocycles. The van der Waals surface area contributed by atoms with E-state index >= 15 is 0 Å². The minimum Gasteiger partial charge on any atom is -0.481 e. The molecule has 0 saturated carbocycles. The molecule has 2 amide bonds. The average Bonchev–Trinajstić information content (AvgIpc) is 3.17. The first kappa shape index (κ1) is 17.5. The number of carboxylic acid groups (broad SMARTS) is 1. The topological polar surface area (TPSA) is 109 Å². The van der Waals surface area contributed by atoms with Crippen molar-refractivity contribution < 1.29 is 23.9 Å². The van der Waals surface area contributed by atoms with Crippen LogP contribution in [0.4, 0.5) is 11.4 Å². The molecular formula is C19H18N2O5. The largest absolute Gasteiger partial charge is 0.481 e. The summed E-state index contributed by atoms with van der Waals surface area (Å²) in [5.74, 6) is -2.91. The lowest BCUT2D eigenvalue weighted by molar-refractivity contribution is -0.146. The van der Waals surface area contributed by atoms with Crippen LogP contribution < -0.4 is 10.6 Å². The molecule has 1 aromatic heterocycles. The monoisotopic (exact) mass is 354 g/mol. The minimum absolute atomic E-state index is 0.178. The Labute approximate surface area is 149 Å². The van der Waals surface area contributed by atoms with Gasteiger partial charge in [-0.15, -0.1) is 0 Å². The Balaban J connectivity index is 1.68. The normalized spacial score (nSPS) is 18.9. The lowest BCUT2D eigenvalue weighted by Crippen LogP contribution is -2.34. The SMILES string of the molecule is O=C(Nc1cccc(NC(=O)[C@@H]2CC=CC[C@@H]2C(=O)O)c1)c1ccco1. The number of nitrogens with one attached hydrogen (secondary N) is 2. The summed E-state index contributed by atoms with van der Waals surface area (Å²) < 4.78 is 5.03. The number of carbonyl (C=O) groups excluding carboxylic acids is 2. The maximum atomic E-state index is 12.5. The summed E-state index contributed by atoms with van der Waals surface area (Å²) in [6.45, 7) is 0. The van der Waals surface area contributed by atoms with Crippen LogP contribution in [0.5, 0.6) is 0 Å². The van der Waals surface area contributed by atoms with Crippen molar-refractivity contribution in [2.75, 3.05) is 10.6 Å². The molecule has 1 aromatic carbocycles. The molecule has 0 fully saturated rings. The van der Waals surface area contributed by atoms with Crippen LogP contribution in [-0.2, 0) is 9.59 Å². The molecule has 0 spiro atoms. The number of aliphatic carboxylic acids is 1. The number of carboxylic acids is 1. The highest BCUT2D eigenvalue weighted by molar-refractivity contribution is 6.03. The van der Waals surface area contributed by atoms with Gasteiger partial charge in [-0.1, -0.05) is 18.2 Å². The van der Waals surface area contributed by atoms with E-state index in [9.17, 15) is 19.5 Å². The summed E-state index contributed by atoms with van der Waals surface area (Å²) in [6, 6.07) is 9.80. The first-order chi connectivity index (χ1) is 12.5. The highest BCUT2D eigenvalue weighted by atomic mass is 16.4. The Bertz CT molecular complexity index is 841. The van der Waals surface area contributed by atoms with Crippen LogP contribution in [0, 0.1) is 11.8 Å². The van der Waals surface area contributed by atoms with Crippen molar-refractivity contribution in [2.45, 2.75) is 12.8 Å². The van der Waals surface area contributed by atoms with Crippen molar-refractivity contribution in [1.29, 1.82) is 0 Å². The molecular weight excluding hydrogens is 336 g/mol. The zero-order chi connectivity index (χ0) is 18.5. The smallest absolute Gasteiger partial charge is 0.307 e. The van der Waals surface area contributed by atoms with Gasteiger partial charge < -0.3 is 20.2 Å². The Kier molecular flexibility index (Phi) is 5.17. The third-order valence-corrected chi connectivity index (χ3v) is 4.22. The van der Waals surface area contributed by atoms with Gasteiger partial charge in [0, 0.05) is 11.4 Å². The van der Waals surface area contributed by atoms with Crippen molar-refractivity contribution in [1.82, 2.24) is 0 Å².